The van der Waals surface area contributed by atoms with Crippen molar-refractivity contribution in [1.82, 2.24) is 4.98 Å². The van der Waals surface area contributed by atoms with Crippen molar-refractivity contribution in [2.24, 2.45) is 0 Å². The lowest BCUT2D eigenvalue weighted by molar-refractivity contribution is 0.411. The summed E-state index contributed by atoms with van der Waals surface area (Å²) in [5.41, 5.74) is 8.40. The van der Waals surface area contributed by atoms with E-state index in [1.807, 2.05) is 25.1 Å². The van der Waals surface area contributed by atoms with Crippen molar-refractivity contribution in [1.29, 1.82) is 0 Å². The highest BCUT2D eigenvalue weighted by Gasteiger charge is 2.07. The first-order chi connectivity index (χ1) is 8.19. The maximum absolute atomic E-state index is 5.75. The number of nitrogens with two attached hydrogens (primary N) is 1. The van der Waals surface area contributed by atoms with Crippen LogP contribution in [0.2, 0.25) is 0 Å². The number of nitrogens with zero attached hydrogens (tertiary/aromatic N) is 1. The van der Waals surface area contributed by atoms with Crippen LogP contribution in [-0.2, 0) is 5.75 Å². The Labute approximate surface area is 104 Å². The zero-order valence-electron chi connectivity index (χ0n) is 9.77. The van der Waals surface area contributed by atoms with Crippen LogP contribution in [0.4, 0.5) is 5.69 Å². The van der Waals surface area contributed by atoms with E-state index >= 15 is 0 Å². The highest BCUT2D eigenvalue weighted by atomic mass is 32.2. The Morgan fingerprint density at radius 1 is 1.47 bits per heavy atom. The third-order valence-electron chi connectivity index (χ3n) is 2.25. The molecule has 0 atom stereocenters. The second kappa shape index (κ2) is 5.14. The number of ether oxygens (including phenoxy) is 1. The van der Waals surface area contributed by atoms with Crippen LogP contribution in [0.15, 0.2) is 34.1 Å². The second-order valence-corrected chi connectivity index (χ2v) is 4.54. The molecule has 0 saturated heterocycles. The van der Waals surface area contributed by atoms with Crippen LogP contribution >= 0.6 is 11.8 Å². The number of thioether (sulfide) groups is 1. The predicted molar refractivity (Wildman–Crippen MR) is 68.2 cm³/mol. The maximum atomic E-state index is 5.75. The molecule has 0 radical (unpaired) electrons. The number of aryl methyl sites for hydroxylation is 1. The normalized spacial score (nSPS) is 10.5. The van der Waals surface area contributed by atoms with Crippen LogP contribution in [0, 0.1) is 6.92 Å². The van der Waals surface area contributed by atoms with Gasteiger partial charge in [-0.05, 0) is 25.1 Å². The van der Waals surface area contributed by atoms with E-state index in [9.17, 15) is 0 Å². The lowest BCUT2D eigenvalue weighted by Crippen LogP contribution is -1.93. The summed E-state index contributed by atoms with van der Waals surface area (Å²) in [4.78, 5) is 4.23. The number of benzene rings is 1. The molecule has 2 N–H and O–H groups in total. The molecule has 0 aliphatic rings. The molecule has 0 spiro atoms. The van der Waals surface area contributed by atoms with E-state index in [1.165, 1.54) is 11.8 Å². The number of methoxy groups -OCH3 is 1. The average molecular weight is 250 g/mol. The molecule has 5 heteroatoms. The maximum Gasteiger partial charge on any atom is 0.256 e. The van der Waals surface area contributed by atoms with Crippen LogP contribution in [0.3, 0.4) is 0 Å². The zero-order chi connectivity index (χ0) is 12.3. The monoisotopic (exact) mass is 250 g/mol. The van der Waals surface area contributed by atoms with Crippen molar-refractivity contribution >= 4 is 17.4 Å². The number of hydrogen-bond donors (Lipinski definition) is 1. The van der Waals surface area contributed by atoms with Crippen LogP contribution in [-0.4, -0.2) is 12.1 Å². The summed E-state index contributed by atoms with van der Waals surface area (Å²) in [6, 6.07) is 5.59. The number of nitrogen functional groups attached to an aromatic ring is 1. The summed E-state index contributed by atoms with van der Waals surface area (Å²) >= 11 is 1.52. The standard InChI is InChI=1S/C12H14N2O2S/c1-8-6-16-12(14-8)17-7-9-5-10(13)3-4-11(9)15-2/h3-6H,7,13H2,1-2H3. The quantitative estimate of drug-likeness (QED) is 0.667. The molecule has 2 aromatic rings. The van der Waals surface area contributed by atoms with E-state index in [4.69, 9.17) is 14.9 Å². The van der Waals surface area contributed by atoms with Gasteiger partial charge in [0.2, 0.25) is 0 Å². The summed E-state index contributed by atoms with van der Waals surface area (Å²) in [5.74, 6) is 1.55. The molecule has 90 valence electrons. The molecular weight excluding hydrogens is 236 g/mol. The van der Waals surface area contributed by atoms with Gasteiger partial charge in [-0.3, -0.25) is 0 Å². The largest absolute Gasteiger partial charge is 0.496 e. The first-order valence-corrected chi connectivity index (χ1v) is 6.15. The molecule has 0 aliphatic carbocycles. The van der Waals surface area contributed by atoms with Gasteiger partial charge in [0, 0.05) is 17.0 Å². The van der Waals surface area contributed by atoms with Gasteiger partial charge in [0.25, 0.3) is 5.22 Å². The first kappa shape index (κ1) is 11.9. The van der Waals surface area contributed by atoms with Gasteiger partial charge in [-0.25, -0.2) is 4.98 Å². The number of anilines is 1. The third-order valence-corrected chi connectivity index (χ3v) is 3.14. The SMILES string of the molecule is COc1ccc(N)cc1CSc1nc(C)co1. The van der Waals surface area contributed by atoms with E-state index in [1.54, 1.807) is 13.4 Å². The lowest BCUT2D eigenvalue weighted by atomic mass is 10.2. The van der Waals surface area contributed by atoms with Crippen molar-refractivity contribution in [3.8, 4) is 5.75 Å². The highest BCUT2D eigenvalue weighted by molar-refractivity contribution is 7.98. The van der Waals surface area contributed by atoms with E-state index in [0.29, 0.717) is 11.0 Å². The molecule has 0 amide bonds. The van der Waals surface area contributed by atoms with Crippen LogP contribution < -0.4 is 10.5 Å². The molecule has 1 aromatic carbocycles. The van der Waals surface area contributed by atoms with Gasteiger partial charge in [0.05, 0.1) is 12.8 Å². The first-order valence-electron chi connectivity index (χ1n) is 5.16. The van der Waals surface area contributed by atoms with Gasteiger partial charge in [-0.1, -0.05) is 11.8 Å². The summed E-state index contributed by atoms with van der Waals surface area (Å²) in [6.07, 6.45) is 1.64. The van der Waals surface area contributed by atoms with Crippen molar-refractivity contribution in [2.45, 2.75) is 17.9 Å². The number of aromatic nitrogens is 1. The Bertz CT molecular complexity index is 511. The molecular formula is C12H14N2O2S. The Morgan fingerprint density at radius 2 is 2.29 bits per heavy atom. The Morgan fingerprint density at radius 3 is 2.94 bits per heavy atom. The fourth-order valence-electron chi connectivity index (χ4n) is 1.45. The van der Waals surface area contributed by atoms with Crippen molar-refractivity contribution in [3.63, 3.8) is 0 Å². The van der Waals surface area contributed by atoms with E-state index in [2.05, 4.69) is 4.98 Å². The van der Waals surface area contributed by atoms with Gasteiger partial charge in [-0.2, -0.15) is 0 Å². The number of hydrogen-bond acceptors (Lipinski definition) is 5. The Balaban J connectivity index is 2.10. The minimum absolute atomic E-state index is 0.659. The molecule has 0 bridgehead atoms. The van der Waals surface area contributed by atoms with E-state index in [0.717, 1.165) is 22.7 Å². The number of oxazole rings is 1. The fourth-order valence-corrected chi connectivity index (χ4v) is 2.28. The summed E-state index contributed by atoms with van der Waals surface area (Å²) in [5, 5.41) is 0.659. The van der Waals surface area contributed by atoms with Crippen molar-refractivity contribution < 1.29 is 9.15 Å². The smallest absolute Gasteiger partial charge is 0.256 e. The predicted octanol–water partition coefficient (Wildman–Crippen LogP) is 2.87. The lowest BCUT2D eigenvalue weighted by Gasteiger charge is -2.07. The average Bonchev–Trinajstić information content (AvgIpc) is 2.73. The van der Waals surface area contributed by atoms with Crippen LogP contribution in [0.1, 0.15) is 11.3 Å². The van der Waals surface area contributed by atoms with Gasteiger partial charge in [0.15, 0.2) is 0 Å². The summed E-state index contributed by atoms with van der Waals surface area (Å²) in [6.45, 7) is 1.90. The molecule has 0 saturated carbocycles. The Kier molecular flexibility index (Phi) is 3.58. The van der Waals surface area contributed by atoms with Gasteiger partial charge < -0.3 is 14.9 Å². The van der Waals surface area contributed by atoms with Crippen LogP contribution in [0.25, 0.3) is 0 Å². The van der Waals surface area contributed by atoms with Crippen molar-refractivity contribution in [3.05, 3.63) is 35.7 Å². The molecule has 17 heavy (non-hydrogen) atoms. The Hall–Kier alpha value is -1.62. The molecule has 0 fully saturated rings. The van der Waals surface area contributed by atoms with Gasteiger partial charge in [0.1, 0.15) is 12.0 Å². The molecule has 1 heterocycles. The van der Waals surface area contributed by atoms with Gasteiger partial charge >= 0.3 is 0 Å². The minimum Gasteiger partial charge on any atom is -0.496 e. The fraction of sp³-hybridized carbons (Fsp3) is 0.250. The van der Waals surface area contributed by atoms with Crippen molar-refractivity contribution in [2.75, 3.05) is 12.8 Å². The van der Waals surface area contributed by atoms with E-state index < -0.39 is 0 Å². The molecule has 1 aromatic heterocycles. The summed E-state index contributed by atoms with van der Waals surface area (Å²) < 4.78 is 10.5. The van der Waals surface area contributed by atoms with Crippen LogP contribution in [0.5, 0.6) is 5.75 Å². The highest BCUT2D eigenvalue weighted by Crippen LogP contribution is 2.28. The summed E-state index contributed by atoms with van der Waals surface area (Å²) in [7, 11) is 1.65. The molecule has 2 rings (SSSR count). The zero-order valence-corrected chi connectivity index (χ0v) is 10.6. The third kappa shape index (κ3) is 2.94. The second-order valence-electron chi connectivity index (χ2n) is 3.61. The molecule has 0 unspecified atom stereocenters. The molecule has 0 aliphatic heterocycles. The minimum atomic E-state index is 0.659. The van der Waals surface area contributed by atoms with E-state index in [-0.39, 0.29) is 0 Å². The topological polar surface area (TPSA) is 61.3 Å². The number of rotatable bonds is 4. The molecule has 4 nitrogen and oxygen atoms in total. The van der Waals surface area contributed by atoms with Gasteiger partial charge in [-0.15, -0.1) is 0 Å².